The second kappa shape index (κ2) is 9.56. The molecule has 2 aromatic carbocycles. The number of hydrogen-bond donors (Lipinski definition) is 3. The van der Waals surface area contributed by atoms with Crippen LogP contribution in [-0.4, -0.2) is 42.3 Å². The summed E-state index contributed by atoms with van der Waals surface area (Å²) in [5.74, 6) is 0.212. The fraction of sp³-hybridized carbons (Fsp3) is 0.269. The van der Waals surface area contributed by atoms with Crippen LogP contribution in [0.25, 0.3) is 22.2 Å². The van der Waals surface area contributed by atoms with Crippen LogP contribution in [0.3, 0.4) is 0 Å². The van der Waals surface area contributed by atoms with Gasteiger partial charge in [0.25, 0.3) is 0 Å². The van der Waals surface area contributed by atoms with Crippen LogP contribution in [0.4, 0.5) is 10.1 Å². The average molecular weight is 479 g/mol. The van der Waals surface area contributed by atoms with Gasteiger partial charge >= 0.3 is 0 Å². The molecular formula is C26H27FN4O2S. The van der Waals surface area contributed by atoms with E-state index in [1.54, 1.807) is 18.3 Å². The van der Waals surface area contributed by atoms with Crippen LogP contribution in [0.2, 0.25) is 0 Å². The van der Waals surface area contributed by atoms with E-state index >= 15 is 0 Å². The fourth-order valence-corrected chi connectivity index (χ4v) is 5.53. The van der Waals surface area contributed by atoms with Gasteiger partial charge in [0.1, 0.15) is 11.5 Å². The summed E-state index contributed by atoms with van der Waals surface area (Å²) in [5.41, 5.74) is 12.8. The Hall–Kier alpha value is -3.23. The van der Waals surface area contributed by atoms with Gasteiger partial charge in [0.2, 0.25) is 0 Å². The molecule has 0 saturated carbocycles. The van der Waals surface area contributed by atoms with Crippen molar-refractivity contribution < 1.29 is 12.8 Å². The van der Waals surface area contributed by atoms with Crippen LogP contribution < -0.4 is 5.73 Å². The van der Waals surface area contributed by atoms with Crippen LogP contribution in [0, 0.1) is 5.82 Å². The molecule has 3 N–H and O–H groups in total. The maximum absolute atomic E-state index is 13.8. The number of nitrogens with one attached hydrogen (secondary N) is 1. The Morgan fingerprint density at radius 2 is 1.88 bits per heavy atom. The van der Waals surface area contributed by atoms with Crippen LogP contribution in [0.5, 0.6) is 0 Å². The number of piperidine rings is 1. The quantitative estimate of drug-likeness (QED) is 0.284. The van der Waals surface area contributed by atoms with E-state index in [4.69, 9.17) is 5.73 Å². The van der Waals surface area contributed by atoms with Crippen molar-refractivity contribution in [3.8, 4) is 11.1 Å². The summed E-state index contributed by atoms with van der Waals surface area (Å²) in [5, 5.41) is 1.02. The van der Waals surface area contributed by atoms with E-state index in [0.717, 1.165) is 64.9 Å². The molecule has 0 amide bonds. The minimum atomic E-state index is -2.39. The second-order valence-corrected chi connectivity index (χ2v) is 9.88. The molecule has 0 unspecified atom stereocenters. The van der Waals surface area contributed by atoms with Crippen LogP contribution in [0.1, 0.15) is 35.6 Å². The van der Waals surface area contributed by atoms with Gasteiger partial charge in [-0.05, 0) is 91.0 Å². The first-order chi connectivity index (χ1) is 16.5. The highest BCUT2D eigenvalue weighted by Gasteiger charge is 2.23. The molecule has 4 aromatic rings. The molecule has 0 radical (unpaired) electrons. The summed E-state index contributed by atoms with van der Waals surface area (Å²) in [6, 6.07) is 16.7. The van der Waals surface area contributed by atoms with Crippen molar-refractivity contribution in [1.82, 2.24) is 14.9 Å². The summed E-state index contributed by atoms with van der Waals surface area (Å²) in [6.45, 7) is 1.52. The standard InChI is InChI=1S/C26H27FN4O2S/c27-20-3-1-2-17(13-20)12-19-4-5-21(28)14-23(19)22-6-9-29-26-24(22)15-25(30-26)18-7-10-31(11-8-18)16-34(32)33/h1-6,9,13-15,18,34H,7-8,10-12,16,28H2,(H,29,30). The molecule has 34 heavy (non-hydrogen) atoms. The zero-order valence-electron chi connectivity index (χ0n) is 18.7. The van der Waals surface area contributed by atoms with Crippen LogP contribution >= 0.6 is 0 Å². The maximum atomic E-state index is 13.8. The Morgan fingerprint density at radius 3 is 2.65 bits per heavy atom. The molecule has 1 aliphatic heterocycles. The van der Waals surface area contributed by atoms with Crippen molar-refractivity contribution >= 4 is 27.4 Å². The predicted molar refractivity (Wildman–Crippen MR) is 134 cm³/mol. The lowest BCUT2D eigenvalue weighted by Crippen LogP contribution is -2.34. The van der Waals surface area contributed by atoms with Gasteiger partial charge in [-0.15, -0.1) is 0 Å². The Labute approximate surface area is 199 Å². The van der Waals surface area contributed by atoms with Crippen molar-refractivity contribution in [2.24, 2.45) is 0 Å². The number of nitrogen functional groups attached to an aromatic ring is 1. The number of thiol groups is 1. The van der Waals surface area contributed by atoms with Crippen molar-refractivity contribution in [2.45, 2.75) is 25.2 Å². The first kappa shape index (κ1) is 22.6. The number of benzene rings is 2. The van der Waals surface area contributed by atoms with Crippen molar-refractivity contribution in [2.75, 3.05) is 24.7 Å². The van der Waals surface area contributed by atoms with Gasteiger partial charge in [-0.1, -0.05) is 18.2 Å². The minimum absolute atomic E-state index is 0.129. The number of pyridine rings is 1. The zero-order chi connectivity index (χ0) is 23.7. The van der Waals surface area contributed by atoms with Gasteiger partial charge in [-0.25, -0.2) is 17.8 Å². The van der Waals surface area contributed by atoms with Crippen molar-refractivity contribution in [3.05, 3.63) is 83.4 Å². The Balaban J connectivity index is 1.48. The third-order valence-electron chi connectivity index (χ3n) is 6.60. The van der Waals surface area contributed by atoms with E-state index in [1.165, 1.54) is 6.07 Å². The van der Waals surface area contributed by atoms with E-state index in [2.05, 4.69) is 16.0 Å². The Morgan fingerprint density at radius 1 is 1.06 bits per heavy atom. The van der Waals surface area contributed by atoms with E-state index in [-0.39, 0.29) is 11.7 Å². The van der Waals surface area contributed by atoms with Crippen molar-refractivity contribution in [3.63, 3.8) is 0 Å². The number of anilines is 1. The Kier molecular flexibility index (Phi) is 6.34. The maximum Gasteiger partial charge on any atom is 0.153 e. The molecule has 0 spiro atoms. The number of hydrogen-bond acceptors (Lipinski definition) is 5. The van der Waals surface area contributed by atoms with E-state index in [1.807, 2.05) is 35.2 Å². The molecular weight excluding hydrogens is 451 g/mol. The Bertz CT molecular complexity index is 1400. The lowest BCUT2D eigenvalue weighted by molar-refractivity contribution is 0.241. The summed E-state index contributed by atoms with van der Waals surface area (Å²) < 4.78 is 35.9. The molecule has 5 rings (SSSR count). The molecule has 0 aliphatic carbocycles. The number of aromatic nitrogens is 2. The van der Waals surface area contributed by atoms with Crippen LogP contribution in [0.15, 0.2) is 60.8 Å². The van der Waals surface area contributed by atoms with E-state index in [0.29, 0.717) is 18.0 Å². The minimum Gasteiger partial charge on any atom is -0.399 e. The first-order valence-corrected chi connectivity index (χ1v) is 12.8. The smallest absolute Gasteiger partial charge is 0.153 e. The number of aromatic amines is 1. The molecule has 6 nitrogen and oxygen atoms in total. The highest BCUT2D eigenvalue weighted by molar-refractivity contribution is 7.72. The van der Waals surface area contributed by atoms with Gasteiger partial charge in [-0.2, -0.15) is 0 Å². The topological polar surface area (TPSA) is 92.1 Å². The van der Waals surface area contributed by atoms with Gasteiger partial charge in [0.05, 0.1) is 5.88 Å². The van der Waals surface area contributed by atoms with E-state index in [9.17, 15) is 12.8 Å². The lowest BCUT2D eigenvalue weighted by Gasteiger charge is -2.29. The summed E-state index contributed by atoms with van der Waals surface area (Å²) in [4.78, 5) is 10.0. The number of H-pyrrole nitrogens is 1. The predicted octanol–water partition coefficient (Wildman–Crippen LogP) is 4.29. The zero-order valence-corrected chi connectivity index (χ0v) is 19.6. The highest BCUT2D eigenvalue weighted by atomic mass is 32.2. The van der Waals surface area contributed by atoms with Gasteiger partial charge < -0.3 is 10.7 Å². The van der Waals surface area contributed by atoms with Gasteiger partial charge in [-0.3, -0.25) is 4.90 Å². The third kappa shape index (κ3) is 4.83. The molecule has 2 aromatic heterocycles. The highest BCUT2D eigenvalue weighted by Crippen LogP contribution is 2.36. The fourth-order valence-electron chi connectivity index (χ4n) is 4.92. The number of halogens is 1. The first-order valence-electron chi connectivity index (χ1n) is 11.4. The molecule has 8 heteroatoms. The van der Waals surface area contributed by atoms with Crippen molar-refractivity contribution in [1.29, 1.82) is 0 Å². The molecule has 1 aliphatic rings. The molecule has 1 saturated heterocycles. The molecule has 176 valence electrons. The monoisotopic (exact) mass is 478 g/mol. The summed E-state index contributed by atoms with van der Waals surface area (Å²) in [6.07, 6.45) is 4.18. The third-order valence-corrected chi connectivity index (χ3v) is 7.23. The largest absolute Gasteiger partial charge is 0.399 e. The number of nitrogens with zero attached hydrogens (tertiary/aromatic N) is 2. The second-order valence-electron chi connectivity index (χ2n) is 8.94. The van der Waals surface area contributed by atoms with E-state index < -0.39 is 10.7 Å². The average Bonchev–Trinajstić information content (AvgIpc) is 3.25. The normalized spacial score (nSPS) is 15.4. The molecule has 0 bridgehead atoms. The lowest BCUT2D eigenvalue weighted by atomic mass is 9.92. The molecule has 0 atom stereocenters. The number of likely N-dealkylation sites (tertiary alicyclic amines) is 1. The number of rotatable bonds is 6. The molecule has 1 fully saturated rings. The number of fused-ring (bicyclic) bond motifs is 1. The van der Waals surface area contributed by atoms with Crippen LogP contribution in [-0.2, 0) is 17.1 Å². The SMILES string of the molecule is Nc1ccc(Cc2cccc(F)c2)c(-c2ccnc3[nH]c(C4CCN(C[SH](=O)=O)CC4)cc23)c1. The number of nitrogens with two attached hydrogens (primary N) is 1. The van der Waals surface area contributed by atoms with Gasteiger partial charge in [0.15, 0.2) is 10.7 Å². The summed E-state index contributed by atoms with van der Waals surface area (Å²) >= 11 is 0. The van der Waals surface area contributed by atoms with Gasteiger partial charge in [0, 0.05) is 28.9 Å². The molecule has 3 heterocycles. The summed E-state index contributed by atoms with van der Waals surface area (Å²) in [7, 11) is -2.39.